The number of nitrogens with one attached hydrogen (secondary N) is 1. The van der Waals surface area contributed by atoms with Gasteiger partial charge in [-0.05, 0) is 23.8 Å². The SMILES string of the molecule is O=C(CN1CCN(Cc2ccccc2)C(=O)C1=O)Nc1cccc(F)c1. The molecule has 2 aromatic rings. The van der Waals surface area contributed by atoms with Gasteiger partial charge >= 0.3 is 11.8 Å². The monoisotopic (exact) mass is 355 g/mol. The highest BCUT2D eigenvalue weighted by Gasteiger charge is 2.33. The molecule has 3 amide bonds. The van der Waals surface area contributed by atoms with E-state index in [-0.39, 0.29) is 13.1 Å². The summed E-state index contributed by atoms with van der Waals surface area (Å²) in [5.74, 6) is -2.28. The van der Waals surface area contributed by atoms with Crippen molar-refractivity contribution in [3.63, 3.8) is 0 Å². The average Bonchev–Trinajstić information content (AvgIpc) is 2.62. The molecule has 1 heterocycles. The van der Waals surface area contributed by atoms with Crippen molar-refractivity contribution in [2.75, 3.05) is 25.0 Å². The second-order valence-corrected chi connectivity index (χ2v) is 6.00. The second-order valence-electron chi connectivity index (χ2n) is 6.00. The van der Waals surface area contributed by atoms with E-state index in [2.05, 4.69) is 5.32 Å². The summed E-state index contributed by atoms with van der Waals surface area (Å²) < 4.78 is 13.1. The summed E-state index contributed by atoms with van der Waals surface area (Å²) in [7, 11) is 0. The van der Waals surface area contributed by atoms with E-state index in [1.807, 2.05) is 30.3 Å². The summed E-state index contributed by atoms with van der Waals surface area (Å²) in [6.45, 7) is 0.732. The van der Waals surface area contributed by atoms with Crippen molar-refractivity contribution >= 4 is 23.4 Å². The van der Waals surface area contributed by atoms with Crippen LogP contribution in [0, 0.1) is 5.82 Å². The third kappa shape index (κ3) is 4.24. The van der Waals surface area contributed by atoms with E-state index in [1.54, 1.807) is 6.07 Å². The smallest absolute Gasteiger partial charge is 0.312 e. The van der Waals surface area contributed by atoms with Crippen molar-refractivity contribution in [2.24, 2.45) is 0 Å². The average molecular weight is 355 g/mol. The van der Waals surface area contributed by atoms with Gasteiger partial charge in [-0.3, -0.25) is 14.4 Å². The van der Waals surface area contributed by atoms with Gasteiger partial charge in [-0.1, -0.05) is 36.4 Å². The molecule has 0 aromatic heterocycles. The van der Waals surface area contributed by atoms with Crippen LogP contribution in [0.25, 0.3) is 0 Å². The minimum absolute atomic E-state index is 0.250. The van der Waals surface area contributed by atoms with Gasteiger partial charge in [0.1, 0.15) is 12.4 Å². The molecule has 3 rings (SSSR count). The van der Waals surface area contributed by atoms with Crippen LogP contribution in [-0.4, -0.2) is 47.2 Å². The Labute approximate surface area is 150 Å². The van der Waals surface area contributed by atoms with Crippen molar-refractivity contribution in [2.45, 2.75) is 6.54 Å². The fourth-order valence-corrected chi connectivity index (χ4v) is 2.76. The number of anilines is 1. The summed E-state index contributed by atoms with van der Waals surface area (Å²) in [4.78, 5) is 39.3. The van der Waals surface area contributed by atoms with Crippen LogP contribution in [0.2, 0.25) is 0 Å². The molecule has 7 heteroatoms. The molecule has 1 aliphatic heterocycles. The number of amides is 3. The van der Waals surface area contributed by atoms with Gasteiger partial charge in [-0.2, -0.15) is 0 Å². The maximum atomic E-state index is 13.1. The Morgan fingerprint density at radius 3 is 2.38 bits per heavy atom. The van der Waals surface area contributed by atoms with Crippen LogP contribution in [-0.2, 0) is 20.9 Å². The first-order valence-corrected chi connectivity index (χ1v) is 8.20. The minimum Gasteiger partial charge on any atom is -0.328 e. The molecule has 0 aliphatic carbocycles. The van der Waals surface area contributed by atoms with E-state index in [0.29, 0.717) is 18.8 Å². The molecule has 6 nitrogen and oxygen atoms in total. The van der Waals surface area contributed by atoms with Crippen LogP contribution in [0.3, 0.4) is 0 Å². The maximum absolute atomic E-state index is 13.1. The molecule has 1 N–H and O–H groups in total. The zero-order valence-electron chi connectivity index (χ0n) is 14.0. The Kier molecular flexibility index (Phi) is 5.26. The summed E-state index contributed by atoms with van der Waals surface area (Å²) in [6.07, 6.45) is 0. The van der Waals surface area contributed by atoms with Crippen LogP contribution in [0.1, 0.15) is 5.56 Å². The quantitative estimate of drug-likeness (QED) is 0.829. The third-order valence-corrected chi connectivity index (χ3v) is 4.06. The lowest BCUT2D eigenvalue weighted by Crippen LogP contribution is -2.55. The first-order valence-electron chi connectivity index (χ1n) is 8.20. The Bertz CT molecular complexity index is 826. The summed E-state index contributed by atoms with van der Waals surface area (Å²) in [5.41, 5.74) is 1.24. The minimum atomic E-state index is -0.707. The highest BCUT2D eigenvalue weighted by atomic mass is 19.1. The van der Waals surface area contributed by atoms with Crippen LogP contribution < -0.4 is 5.32 Å². The standard InChI is InChI=1S/C19H18FN3O3/c20-15-7-4-8-16(11-15)21-17(24)13-23-10-9-22(18(25)19(23)26)12-14-5-2-1-3-6-14/h1-8,11H,9-10,12-13H2,(H,21,24). The van der Waals surface area contributed by atoms with Gasteiger partial charge in [0.05, 0.1) is 0 Å². The molecule has 0 bridgehead atoms. The molecule has 26 heavy (non-hydrogen) atoms. The van der Waals surface area contributed by atoms with Gasteiger partial charge in [-0.25, -0.2) is 4.39 Å². The molecule has 1 fully saturated rings. The number of rotatable bonds is 5. The summed E-state index contributed by atoms with van der Waals surface area (Å²) in [6, 6.07) is 14.9. The lowest BCUT2D eigenvalue weighted by atomic mass is 10.2. The Hall–Kier alpha value is -3.22. The van der Waals surface area contributed by atoms with Gasteiger partial charge < -0.3 is 15.1 Å². The van der Waals surface area contributed by atoms with Crippen molar-refractivity contribution in [1.82, 2.24) is 9.80 Å². The molecule has 0 radical (unpaired) electrons. The van der Waals surface area contributed by atoms with Gasteiger partial charge in [-0.15, -0.1) is 0 Å². The fourth-order valence-electron chi connectivity index (χ4n) is 2.76. The number of hydrogen-bond acceptors (Lipinski definition) is 3. The molecule has 0 saturated carbocycles. The number of benzene rings is 2. The van der Waals surface area contributed by atoms with E-state index in [0.717, 1.165) is 5.56 Å². The molecule has 134 valence electrons. The second kappa shape index (κ2) is 7.77. The van der Waals surface area contributed by atoms with Crippen LogP contribution in [0.4, 0.5) is 10.1 Å². The molecular weight excluding hydrogens is 337 g/mol. The molecular formula is C19H18FN3O3. The Balaban J connectivity index is 1.57. The number of piperazine rings is 1. The number of hydrogen-bond donors (Lipinski definition) is 1. The van der Waals surface area contributed by atoms with E-state index in [1.165, 1.54) is 28.0 Å². The van der Waals surface area contributed by atoms with E-state index in [9.17, 15) is 18.8 Å². The van der Waals surface area contributed by atoms with Crippen LogP contribution >= 0.6 is 0 Å². The molecule has 1 aliphatic rings. The lowest BCUT2D eigenvalue weighted by molar-refractivity contribution is -0.157. The largest absolute Gasteiger partial charge is 0.328 e. The Morgan fingerprint density at radius 1 is 0.962 bits per heavy atom. The number of halogens is 1. The summed E-state index contributed by atoms with van der Waals surface area (Å²) in [5, 5.41) is 2.52. The van der Waals surface area contributed by atoms with E-state index in [4.69, 9.17) is 0 Å². The fraction of sp³-hybridized carbons (Fsp3) is 0.211. The zero-order chi connectivity index (χ0) is 18.5. The van der Waals surface area contributed by atoms with E-state index < -0.39 is 23.5 Å². The van der Waals surface area contributed by atoms with Crippen molar-refractivity contribution in [3.8, 4) is 0 Å². The van der Waals surface area contributed by atoms with Gasteiger partial charge in [0, 0.05) is 25.3 Å². The number of nitrogens with zero attached hydrogens (tertiary/aromatic N) is 2. The van der Waals surface area contributed by atoms with Crippen molar-refractivity contribution in [1.29, 1.82) is 0 Å². The number of carbonyl (C=O) groups is 3. The first-order chi connectivity index (χ1) is 12.5. The molecule has 1 saturated heterocycles. The highest BCUT2D eigenvalue weighted by Crippen LogP contribution is 2.12. The van der Waals surface area contributed by atoms with Crippen molar-refractivity contribution < 1.29 is 18.8 Å². The topological polar surface area (TPSA) is 69.7 Å². The molecule has 0 spiro atoms. The van der Waals surface area contributed by atoms with Crippen LogP contribution in [0.15, 0.2) is 54.6 Å². The Morgan fingerprint density at radius 2 is 1.65 bits per heavy atom. The van der Waals surface area contributed by atoms with Gasteiger partial charge in [0.2, 0.25) is 5.91 Å². The van der Waals surface area contributed by atoms with E-state index >= 15 is 0 Å². The molecule has 0 atom stereocenters. The third-order valence-electron chi connectivity index (χ3n) is 4.06. The van der Waals surface area contributed by atoms with Crippen LogP contribution in [0.5, 0.6) is 0 Å². The van der Waals surface area contributed by atoms with Gasteiger partial charge in [0.15, 0.2) is 0 Å². The van der Waals surface area contributed by atoms with Crippen molar-refractivity contribution in [3.05, 3.63) is 66.0 Å². The maximum Gasteiger partial charge on any atom is 0.312 e. The highest BCUT2D eigenvalue weighted by molar-refractivity contribution is 6.35. The predicted octanol–water partition coefficient (Wildman–Crippen LogP) is 1.64. The first kappa shape index (κ1) is 17.6. The molecule has 2 aromatic carbocycles. The van der Waals surface area contributed by atoms with Gasteiger partial charge in [0.25, 0.3) is 0 Å². The summed E-state index contributed by atoms with van der Waals surface area (Å²) >= 11 is 0. The normalized spacial score (nSPS) is 14.5. The lowest BCUT2D eigenvalue weighted by Gasteiger charge is -2.33. The zero-order valence-corrected chi connectivity index (χ0v) is 14.0. The molecule has 0 unspecified atom stereocenters. The number of carbonyl (C=O) groups excluding carboxylic acids is 3. The predicted molar refractivity (Wildman–Crippen MR) is 93.5 cm³/mol.